The van der Waals surface area contributed by atoms with Gasteiger partial charge in [-0.05, 0) is 51.3 Å². The van der Waals surface area contributed by atoms with Crippen LogP contribution in [-0.2, 0) is 9.53 Å². The molecule has 0 spiro atoms. The number of hydrogen-bond acceptors (Lipinski definition) is 4. The first-order chi connectivity index (χ1) is 13.3. The van der Waals surface area contributed by atoms with Crippen molar-refractivity contribution >= 4 is 17.6 Å². The van der Waals surface area contributed by atoms with Gasteiger partial charge in [0, 0.05) is 36.8 Å². The van der Waals surface area contributed by atoms with Gasteiger partial charge in [-0.3, -0.25) is 9.69 Å². The van der Waals surface area contributed by atoms with Crippen LogP contribution in [0.4, 0.5) is 10.5 Å². The minimum Gasteiger partial charge on any atom is -0.379 e. The summed E-state index contributed by atoms with van der Waals surface area (Å²) in [7, 11) is 0. The molecule has 1 aromatic rings. The molecule has 3 rings (SSSR count). The summed E-state index contributed by atoms with van der Waals surface area (Å²) in [6.45, 7) is 10.0. The average Bonchev–Trinajstić information content (AvgIpc) is 3.53. The van der Waals surface area contributed by atoms with Crippen LogP contribution in [0.1, 0.15) is 45.2 Å². The molecule has 2 aliphatic rings. The maximum Gasteiger partial charge on any atom is 0.315 e. The molecule has 0 radical (unpaired) electrons. The molecule has 1 saturated carbocycles. The molecular formula is C21H32N4O3. The highest BCUT2D eigenvalue weighted by molar-refractivity contribution is 5.94. The Morgan fingerprint density at radius 2 is 1.82 bits per heavy atom. The third-order valence-electron chi connectivity index (χ3n) is 5.52. The zero-order valence-electron chi connectivity index (χ0n) is 17.1. The topological polar surface area (TPSA) is 82.7 Å². The number of nitrogens with one attached hydrogen (secondary N) is 3. The maximum absolute atomic E-state index is 12.3. The van der Waals surface area contributed by atoms with E-state index in [9.17, 15) is 9.59 Å². The Balaban J connectivity index is 1.44. The van der Waals surface area contributed by atoms with Crippen molar-refractivity contribution in [2.75, 3.05) is 38.2 Å². The highest BCUT2D eigenvalue weighted by Crippen LogP contribution is 2.30. The fourth-order valence-corrected chi connectivity index (χ4v) is 3.35. The van der Waals surface area contributed by atoms with E-state index in [0.717, 1.165) is 50.4 Å². The van der Waals surface area contributed by atoms with Crippen molar-refractivity contribution in [1.82, 2.24) is 15.5 Å². The molecule has 3 N–H and O–H groups in total. The molecule has 1 aliphatic heterocycles. The molecule has 1 aliphatic carbocycles. The second kappa shape index (κ2) is 8.92. The Kier molecular flexibility index (Phi) is 6.57. The van der Waals surface area contributed by atoms with Gasteiger partial charge in [-0.15, -0.1) is 0 Å². The van der Waals surface area contributed by atoms with Gasteiger partial charge in [0.2, 0.25) is 5.91 Å². The lowest BCUT2D eigenvalue weighted by Gasteiger charge is -2.40. The number of carbonyl (C=O) groups is 2. The number of ether oxygens (including phenoxy) is 1. The van der Waals surface area contributed by atoms with Crippen LogP contribution >= 0.6 is 0 Å². The number of urea groups is 1. The molecule has 1 atom stereocenters. The highest BCUT2D eigenvalue weighted by Gasteiger charge is 2.30. The molecule has 154 valence electrons. The normalized spacial score (nSPS) is 19.0. The van der Waals surface area contributed by atoms with Crippen molar-refractivity contribution in [3.05, 3.63) is 29.8 Å². The first-order valence-electron chi connectivity index (χ1n) is 10.1. The summed E-state index contributed by atoms with van der Waals surface area (Å²) in [4.78, 5) is 26.5. The molecule has 1 aromatic carbocycles. The fourth-order valence-electron chi connectivity index (χ4n) is 3.35. The van der Waals surface area contributed by atoms with Crippen LogP contribution in [-0.4, -0.2) is 55.2 Å². The van der Waals surface area contributed by atoms with E-state index < -0.39 is 0 Å². The first kappa shape index (κ1) is 20.6. The Bertz CT molecular complexity index is 679. The van der Waals surface area contributed by atoms with E-state index in [1.165, 1.54) is 0 Å². The molecule has 1 unspecified atom stereocenters. The smallest absolute Gasteiger partial charge is 0.315 e. The summed E-state index contributed by atoms with van der Waals surface area (Å²) < 4.78 is 5.40. The number of rotatable bonds is 7. The Labute approximate surface area is 167 Å². The van der Waals surface area contributed by atoms with Crippen molar-refractivity contribution in [2.45, 2.75) is 45.2 Å². The van der Waals surface area contributed by atoms with E-state index in [-0.39, 0.29) is 29.4 Å². The molecule has 1 heterocycles. The lowest BCUT2D eigenvalue weighted by atomic mass is 10.0. The van der Waals surface area contributed by atoms with Gasteiger partial charge < -0.3 is 20.7 Å². The molecule has 28 heavy (non-hydrogen) atoms. The van der Waals surface area contributed by atoms with Crippen molar-refractivity contribution in [3.63, 3.8) is 0 Å². The molecule has 0 aromatic heterocycles. The minimum atomic E-state index is -0.181. The van der Waals surface area contributed by atoms with E-state index in [2.05, 4.69) is 34.7 Å². The quantitative estimate of drug-likeness (QED) is 0.670. The lowest BCUT2D eigenvalue weighted by Crippen LogP contribution is -2.56. The van der Waals surface area contributed by atoms with Crippen molar-refractivity contribution < 1.29 is 14.3 Å². The number of benzene rings is 1. The summed E-state index contributed by atoms with van der Waals surface area (Å²) in [5.74, 6) is 0.284. The van der Waals surface area contributed by atoms with Gasteiger partial charge in [0.15, 0.2) is 0 Å². The van der Waals surface area contributed by atoms with E-state index in [1.54, 1.807) is 0 Å². The summed E-state index contributed by atoms with van der Waals surface area (Å²) in [5, 5.41) is 8.89. The number of nitrogens with zero attached hydrogens (tertiary/aromatic N) is 1. The average molecular weight is 389 g/mol. The fraction of sp³-hybridized carbons (Fsp3) is 0.619. The van der Waals surface area contributed by atoms with Crippen LogP contribution in [0.5, 0.6) is 0 Å². The van der Waals surface area contributed by atoms with Gasteiger partial charge >= 0.3 is 6.03 Å². The van der Waals surface area contributed by atoms with E-state index >= 15 is 0 Å². The summed E-state index contributed by atoms with van der Waals surface area (Å²) in [5.41, 5.74) is 1.67. The summed E-state index contributed by atoms with van der Waals surface area (Å²) >= 11 is 0. The van der Waals surface area contributed by atoms with Crippen LogP contribution in [0, 0.1) is 5.92 Å². The second-order valence-corrected chi connectivity index (χ2v) is 8.35. The molecule has 7 nitrogen and oxygen atoms in total. The molecule has 0 bridgehead atoms. The number of carbonyl (C=O) groups excluding carboxylic acids is 2. The Hall–Kier alpha value is -2.12. The van der Waals surface area contributed by atoms with Crippen LogP contribution in [0.15, 0.2) is 24.3 Å². The van der Waals surface area contributed by atoms with Crippen molar-refractivity contribution in [3.8, 4) is 0 Å². The van der Waals surface area contributed by atoms with Crippen LogP contribution < -0.4 is 16.0 Å². The molecular weight excluding hydrogens is 356 g/mol. The molecule has 7 heteroatoms. The third kappa shape index (κ3) is 5.69. The Morgan fingerprint density at radius 3 is 2.43 bits per heavy atom. The van der Waals surface area contributed by atoms with Gasteiger partial charge in [-0.25, -0.2) is 4.79 Å². The van der Waals surface area contributed by atoms with E-state index in [4.69, 9.17) is 4.74 Å². The molecule has 3 amide bonds. The standard InChI is InChI=1S/C21H32N4O3/c1-15(16-6-8-18(9-7-16)24-19(26)17-4-5-17)23-20(27)22-14-21(2,3)25-10-12-28-13-11-25/h6-9,15,17H,4-5,10-14H2,1-3H3,(H,24,26)(H2,22,23,27). The zero-order valence-corrected chi connectivity index (χ0v) is 17.1. The summed E-state index contributed by atoms with van der Waals surface area (Å²) in [6.07, 6.45) is 1.98. The van der Waals surface area contributed by atoms with Gasteiger partial charge in [0.05, 0.1) is 19.3 Å². The van der Waals surface area contributed by atoms with Gasteiger partial charge in [0.1, 0.15) is 0 Å². The monoisotopic (exact) mass is 388 g/mol. The van der Waals surface area contributed by atoms with Crippen molar-refractivity contribution in [1.29, 1.82) is 0 Å². The number of amides is 3. The van der Waals surface area contributed by atoms with E-state index in [0.29, 0.717) is 6.54 Å². The Morgan fingerprint density at radius 1 is 1.18 bits per heavy atom. The van der Waals surface area contributed by atoms with E-state index in [1.807, 2.05) is 31.2 Å². The van der Waals surface area contributed by atoms with Gasteiger partial charge in [0.25, 0.3) is 0 Å². The predicted molar refractivity (Wildman–Crippen MR) is 109 cm³/mol. The number of anilines is 1. The molecule has 1 saturated heterocycles. The predicted octanol–water partition coefficient (Wildman–Crippen LogP) is 2.51. The van der Waals surface area contributed by atoms with Crippen molar-refractivity contribution in [2.24, 2.45) is 5.92 Å². The molecule has 2 fully saturated rings. The van der Waals surface area contributed by atoms with Gasteiger partial charge in [-0.2, -0.15) is 0 Å². The highest BCUT2D eigenvalue weighted by atomic mass is 16.5. The first-order valence-corrected chi connectivity index (χ1v) is 10.1. The maximum atomic E-state index is 12.3. The zero-order chi connectivity index (χ0) is 20.1. The largest absolute Gasteiger partial charge is 0.379 e. The van der Waals surface area contributed by atoms with Crippen LogP contribution in [0.2, 0.25) is 0 Å². The van der Waals surface area contributed by atoms with Crippen LogP contribution in [0.25, 0.3) is 0 Å². The van der Waals surface area contributed by atoms with Gasteiger partial charge in [-0.1, -0.05) is 12.1 Å². The lowest BCUT2D eigenvalue weighted by molar-refractivity contribution is -0.117. The van der Waals surface area contributed by atoms with Crippen LogP contribution in [0.3, 0.4) is 0 Å². The number of hydrogen-bond donors (Lipinski definition) is 3. The second-order valence-electron chi connectivity index (χ2n) is 8.35. The minimum absolute atomic E-state index is 0.0983. The summed E-state index contributed by atoms with van der Waals surface area (Å²) in [6, 6.07) is 7.33. The SMILES string of the molecule is CC(NC(=O)NCC(C)(C)N1CCOCC1)c1ccc(NC(=O)C2CC2)cc1. The third-order valence-corrected chi connectivity index (χ3v) is 5.52. The number of morpholine rings is 1.